The third-order valence-electron chi connectivity index (χ3n) is 3.67. The van der Waals surface area contributed by atoms with Crippen molar-refractivity contribution in [1.29, 1.82) is 0 Å². The number of carbonyl (C=O) groups excluding carboxylic acids is 2. The van der Waals surface area contributed by atoms with Crippen LogP contribution in [0.15, 0.2) is 48.5 Å². The van der Waals surface area contributed by atoms with E-state index in [0.717, 1.165) is 22.3 Å². The summed E-state index contributed by atoms with van der Waals surface area (Å²) in [4.78, 5) is 21.9. The molecule has 1 atom stereocenters. The lowest BCUT2D eigenvalue weighted by Gasteiger charge is -2.14. The Kier molecular flexibility index (Phi) is 3.76. The quantitative estimate of drug-likeness (QED) is 0.495. The molecule has 1 unspecified atom stereocenters. The first-order chi connectivity index (χ1) is 10.2. The van der Waals surface area contributed by atoms with Crippen LogP contribution in [-0.4, -0.2) is 24.2 Å². The molecule has 0 fully saturated rings. The van der Waals surface area contributed by atoms with Gasteiger partial charge >= 0.3 is 5.97 Å². The molecule has 3 nitrogen and oxygen atoms in total. The molecule has 0 saturated heterocycles. The molecule has 0 aliphatic heterocycles. The average Bonchev–Trinajstić information content (AvgIpc) is 2.86. The van der Waals surface area contributed by atoms with Crippen molar-refractivity contribution < 1.29 is 14.3 Å². The van der Waals surface area contributed by atoms with Gasteiger partial charge in [0.25, 0.3) is 0 Å². The van der Waals surface area contributed by atoms with Crippen molar-refractivity contribution in [1.82, 2.24) is 0 Å². The van der Waals surface area contributed by atoms with Crippen LogP contribution in [0.1, 0.15) is 17.0 Å². The zero-order valence-corrected chi connectivity index (χ0v) is 11.8. The fraction of sp³-hybridized carbons (Fsp3) is 0.176. The van der Waals surface area contributed by atoms with Crippen molar-refractivity contribution >= 4 is 23.9 Å². The van der Waals surface area contributed by atoms with Crippen LogP contribution in [-0.2, 0) is 14.3 Å². The Bertz CT molecular complexity index is 650. The predicted octanol–water partition coefficient (Wildman–Crippen LogP) is 3.06. The number of hydrogen-bond acceptors (Lipinski definition) is 3. The van der Waals surface area contributed by atoms with Crippen LogP contribution in [0, 0.1) is 0 Å². The van der Waals surface area contributed by atoms with Gasteiger partial charge in [-0.3, -0.25) is 4.79 Å². The lowest BCUT2D eigenvalue weighted by Crippen LogP contribution is -2.21. The fourth-order valence-electron chi connectivity index (χ4n) is 2.73. The molecule has 4 heteroatoms. The van der Waals surface area contributed by atoms with E-state index < -0.39 is 11.3 Å². The molecule has 1 aliphatic carbocycles. The number of hydrogen-bond donors (Lipinski definition) is 0. The summed E-state index contributed by atoms with van der Waals surface area (Å²) < 4.78 is 5.16. The highest BCUT2D eigenvalue weighted by Gasteiger charge is 2.29. The average molecular weight is 300 g/mol. The molecule has 0 saturated carbocycles. The van der Waals surface area contributed by atoms with E-state index in [1.165, 1.54) is 6.29 Å². The number of esters is 1. The smallest absolute Gasteiger partial charge is 0.332 e. The molecule has 0 spiro atoms. The summed E-state index contributed by atoms with van der Waals surface area (Å²) in [6.07, 6.45) is 1.42. The minimum Gasteiger partial charge on any atom is -0.463 e. The van der Waals surface area contributed by atoms with Gasteiger partial charge in [0.15, 0.2) is 5.38 Å². The first-order valence-electron chi connectivity index (χ1n) is 6.59. The molecular weight excluding hydrogens is 288 g/mol. The van der Waals surface area contributed by atoms with E-state index in [4.69, 9.17) is 16.3 Å². The van der Waals surface area contributed by atoms with Crippen molar-refractivity contribution in [2.45, 2.75) is 11.3 Å². The first kappa shape index (κ1) is 13.8. The fourth-order valence-corrected chi connectivity index (χ4v) is 2.79. The van der Waals surface area contributed by atoms with Gasteiger partial charge in [-0.25, -0.2) is 4.79 Å². The van der Waals surface area contributed by atoms with Gasteiger partial charge < -0.3 is 4.74 Å². The van der Waals surface area contributed by atoms with Gasteiger partial charge in [-0.2, -0.15) is 0 Å². The lowest BCUT2D eigenvalue weighted by molar-refractivity contribution is -0.142. The number of alkyl halides is 1. The van der Waals surface area contributed by atoms with Crippen molar-refractivity contribution in [3.63, 3.8) is 0 Å². The van der Waals surface area contributed by atoms with Crippen LogP contribution in [0.2, 0.25) is 0 Å². The normalized spacial score (nSPS) is 14.1. The van der Waals surface area contributed by atoms with E-state index >= 15 is 0 Å². The molecule has 0 heterocycles. The van der Waals surface area contributed by atoms with Crippen molar-refractivity contribution in [3.05, 3.63) is 59.7 Å². The second kappa shape index (κ2) is 5.70. The molecule has 3 rings (SSSR count). The summed E-state index contributed by atoms with van der Waals surface area (Å²) in [6, 6.07) is 16.1. The summed E-state index contributed by atoms with van der Waals surface area (Å²) in [5.41, 5.74) is 4.54. The van der Waals surface area contributed by atoms with E-state index in [1.807, 2.05) is 36.4 Å². The number of ether oxygens (including phenoxy) is 1. The van der Waals surface area contributed by atoms with Gasteiger partial charge in [0.05, 0.1) is 0 Å². The van der Waals surface area contributed by atoms with Gasteiger partial charge in [-0.1, -0.05) is 48.5 Å². The number of carbonyl (C=O) groups is 1. The number of rotatable bonds is 4. The molecule has 2 aromatic carbocycles. The Labute approximate surface area is 127 Å². The van der Waals surface area contributed by atoms with Crippen LogP contribution in [0.3, 0.4) is 0 Å². The Balaban J connectivity index is 1.89. The molecular formula is C17H12ClO3. The standard InChI is InChI=1S/C17H12ClO3/c18-16(9-19)17(20)21-10-15-13-7-3-1-5-11(13)12-6-2-4-8-14(12)15/h1-8,15-16H,10H2. The molecule has 105 valence electrons. The largest absolute Gasteiger partial charge is 0.463 e. The zero-order chi connectivity index (χ0) is 14.8. The number of halogens is 1. The van der Waals surface area contributed by atoms with E-state index in [0.29, 0.717) is 0 Å². The molecule has 0 N–H and O–H groups in total. The lowest BCUT2D eigenvalue weighted by atomic mass is 9.98. The zero-order valence-electron chi connectivity index (χ0n) is 11.1. The Morgan fingerprint density at radius 3 is 2.14 bits per heavy atom. The molecule has 2 aromatic rings. The minimum absolute atomic E-state index is 0.0307. The molecule has 0 aromatic heterocycles. The predicted molar refractivity (Wildman–Crippen MR) is 80.0 cm³/mol. The third-order valence-corrected chi connectivity index (χ3v) is 3.93. The minimum atomic E-state index is -1.36. The van der Waals surface area contributed by atoms with Crippen LogP contribution in [0.5, 0.6) is 0 Å². The van der Waals surface area contributed by atoms with Gasteiger partial charge in [0.2, 0.25) is 6.29 Å². The second-order valence-electron chi connectivity index (χ2n) is 4.84. The van der Waals surface area contributed by atoms with Gasteiger partial charge in [0, 0.05) is 5.92 Å². The highest BCUT2D eigenvalue weighted by atomic mass is 35.5. The van der Waals surface area contributed by atoms with E-state index in [1.54, 1.807) is 0 Å². The van der Waals surface area contributed by atoms with Crippen LogP contribution in [0.25, 0.3) is 11.1 Å². The highest BCUT2D eigenvalue weighted by Crippen LogP contribution is 2.44. The van der Waals surface area contributed by atoms with E-state index in [2.05, 4.69) is 12.1 Å². The van der Waals surface area contributed by atoms with E-state index in [9.17, 15) is 9.59 Å². The maximum absolute atomic E-state index is 11.5. The monoisotopic (exact) mass is 299 g/mol. The van der Waals surface area contributed by atoms with Crippen LogP contribution in [0.4, 0.5) is 0 Å². The summed E-state index contributed by atoms with van der Waals surface area (Å²) in [6.45, 7) is 0.164. The number of benzene rings is 2. The topological polar surface area (TPSA) is 43.4 Å². The van der Waals surface area contributed by atoms with E-state index in [-0.39, 0.29) is 12.5 Å². The first-order valence-corrected chi connectivity index (χ1v) is 7.02. The number of fused-ring (bicyclic) bond motifs is 3. The SMILES string of the molecule is O=[C]C(Cl)C(=O)OCC1c2ccccc2-c2ccccc21. The maximum Gasteiger partial charge on any atom is 0.332 e. The summed E-state index contributed by atoms with van der Waals surface area (Å²) in [7, 11) is 0. The third kappa shape index (κ3) is 2.45. The van der Waals surface area contributed by atoms with Crippen molar-refractivity contribution in [2.75, 3.05) is 6.61 Å². The summed E-state index contributed by atoms with van der Waals surface area (Å²) in [5, 5.41) is -1.36. The molecule has 0 bridgehead atoms. The summed E-state index contributed by atoms with van der Waals surface area (Å²) in [5.74, 6) is -0.787. The van der Waals surface area contributed by atoms with Crippen molar-refractivity contribution in [3.8, 4) is 11.1 Å². The van der Waals surface area contributed by atoms with Crippen molar-refractivity contribution in [2.24, 2.45) is 0 Å². The molecule has 21 heavy (non-hydrogen) atoms. The molecule has 0 amide bonds. The summed E-state index contributed by atoms with van der Waals surface area (Å²) >= 11 is 5.50. The maximum atomic E-state index is 11.5. The Hall–Kier alpha value is -2.13. The Morgan fingerprint density at radius 2 is 1.62 bits per heavy atom. The van der Waals surface area contributed by atoms with Gasteiger partial charge in [-0.05, 0) is 22.3 Å². The van der Waals surface area contributed by atoms with Crippen LogP contribution < -0.4 is 0 Å². The molecule has 1 aliphatic rings. The van der Waals surface area contributed by atoms with Crippen LogP contribution >= 0.6 is 11.6 Å². The highest BCUT2D eigenvalue weighted by molar-refractivity contribution is 6.37. The van der Waals surface area contributed by atoms with Gasteiger partial charge in [0.1, 0.15) is 6.61 Å². The Morgan fingerprint density at radius 1 is 1.10 bits per heavy atom. The van der Waals surface area contributed by atoms with Gasteiger partial charge in [-0.15, -0.1) is 11.6 Å². The second-order valence-corrected chi connectivity index (χ2v) is 5.27. The molecule has 1 radical (unpaired) electrons.